The Labute approximate surface area is 125 Å². The molecule has 0 saturated carbocycles. The van der Waals surface area contributed by atoms with Crippen molar-refractivity contribution in [2.45, 2.75) is 13.5 Å². The normalized spacial score (nSPS) is 10.5. The molecular formula is C12H11Cl2N3OS. The van der Waals surface area contributed by atoms with Gasteiger partial charge in [-0.25, -0.2) is 9.97 Å². The number of amides is 1. The molecule has 0 N–H and O–H groups in total. The fourth-order valence-electron chi connectivity index (χ4n) is 1.60. The number of thiazole rings is 1. The second-order valence-electron chi connectivity index (χ2n) is 4.02. The van der Waals surface area contributed by atoms with Crippen LogP contribution in [-0.2, 0) is 6.54 Å². The van der Waals surface area contributed by atoms with E-state index in [9.17, 15) is 4.79 Å². The number of aryl methyl sites for hydroxylation is 1. The lowest BCUT2D eigenvalue weighted by molar-refractivity contribution is 0.0783. The Morgan fingerprint density at radius 1 is 1.32 bits per heavy atom. The Balaban J connectivity index is 2.14. The molecule has 0 saturated heterocycles. The molecule has 100 valence electrons. The quantitative estimate of drug-likeness (QED) is 0.815. The molecular weight excluding hydrogens is 305 g/mol. The first-order valence-electron chi connectivity index (χ1n) is 5.45. The van der Waals surface area contributed by atoms with Crippen LogP contribution < -0.4 is 0 Å². The second-order valence-corrected chi connectivity index (χ2v) is 5.86. The third-order valence-electron chi connectivity index (χ3n) is 2.42. The van der Waals surface area contributed by atoms with Crippen LogP contribution in [0.2, 0.25) is 10.3 Å². The first kappa shape index (κ1) is 14.2. The van der Waals surface area contributed by atoms with Gasteiger partial charge in [0, 0.05) is 18.0 Å². The molecule has 0 spiro atoms. The Kier molecular flexibility index (Phi) is 4.39. The van der Waals surface area contributed by atoms with E-state index in [2.05, 4.69) is 9.97 Å². The predicted molar refractivity (Wildman–Crippen MR) is 76.9 cm³/mol. The van der Waals surface area contributed by atoms with E-state index in [1.807, 2.05) is 12.3 Å². The maximum atomic E-state index is 12.2. The number of carbonyl (C=O) groups excluding carboxylic acids is 1. The Morgan fingerprint density at radius 3 is 2.47 bits per heavy atom. The Bertz CT molecular complexity index is 595. The monoisotopic (exact) mass is 315 g/mol. The van der Waals surface area contributed by atoms with Crippen LogP contribution in [0, 0.1) is 6.92 Å². The molecule has 1 amide bonds. The fourth-order valence-corrected chi connectivity index (χ4v) is 2.67. The van der Waals surface area contributed by atoms with Crippen molar-refractivity contribution in [3.05, 3.63) is 44.1 Å². The molecule has 7 heteroatoms. The highest BCUT2D eigenvalue weighted by atomic mass is 35.5. The zero-order valence-electron chi connectivity index (χ0n) is 10.4. The first-order chi connectivity index (χ1) is 8.95. The van der Waals surface area contributed by atoms with Crippen molar-refractivity contribution in [3.8, 4) is 0 Å². The fraction of sp³-hybridized carbons (Fsp3) is 0.250. The third kappa shape index (κ3) is 3.65. The van der Waals surface area contributed by atoms with Gasteiger partial charge in [-0.3, -0.25) is 4.79 Å². The van der Waals surface area contributed by atoms with Gasteiger partial charge in [0.25, 0.3) is 5.91 Å². The third-order valence-corrected chi connectivity index (χ3v) is 3.63. The van der Waals surface area contributed by atoms with Gasteiger partial charge in [0.1, 0.15) is 10.3 Å². The van der Waals surface area contributed by atoms with Crippen LogP contribution in [0.25, 0.3) is 0 Å². The van der Waals surface area contributed by atoms with Gasteiger partial charge in [0.2, 0.25) is 0 Å². The molecule has 0 aromatic carbocycles. The van der Waals surface area contributed by atoms with Gasteiger partial charge < -0.3 is 4.90 Å². The van der Waals surface area contributed by atoms with Crippen LogP contribution in [0.3, 0.4) is 0 Å². The average Bonchev–Trinajstić information content (AvgIpc) is 2.72. The lowest BCUT2D eigenvalue weighted by Gasteiger charge is -2.16. The van der Waals surface area contributed by atoms with E-state index >= 15 is 0 Å². The molecule has 0 radical (unpaired) electrons. The van der Waals surface area contributed by atoms with Gasteiger partial charge in [-0.15, -0.1) is 11.3 Å². The second kappa shape index (κ2) is 5.86. The molecule has 0 bridgehead atoms. The van der Waals surface area contributed by atoms with Crippen molar-refractivity contribution in [1.29, 1.82) is 0 Å². The van der Waals surface area contributed by atoms with E-state index in [4.69, 9.17) is 23.2 Å². The molecule has 2 rings (SSSR count). The van der Waals surface area contributed by atoms with Gasteiger partial charge in [0.05, 0.1) is 17.2 Å². The molecule has 2 aromatic heterocycles. The number of hydrogen-bond acceptors (Lipinski definition) is 4. The highest BCUT2D eigenvalue weighted by molar-refractivity contribution is 7.09. The summed E-state index contributed by atoms with van der Waals surface area (Å²) in [5, 5.41) is 3.32. The van der Waals surface area contributed by atoms with E-state index in [-0.39, 0.29) is 16.2 Å². The largest absolute Gasteiger partial charge is 0.336 e. The summed E-state index contributed by atoms with van der Waals surface area (Å²) in [6, 6.07) is 3.00. The van der Waals surface area contributed by atoms with Crippen molar-refractivity contribution in [1.82, 2.24) is 14.9 Å². The van der Waals surface area contributed by atoms with Gasteiger partial charge >= 0.3 is 0 Å². The summed E-state index contributed by atoms with van der Waals surface area (Å²) in [6.07, 6.45) is 0. The SMILES string of the molecule is Cc1nc(CN(C)C(=O)c2cc(Cl)nc(Cl)c2)cs1. The highest BCUT2D eigenvalue weighted by Crippen LogP contribution is 2.17. The molecule has 0 atom stereocenters. The van der Waals surface area contributed by atoms with Crippen LogP contribution >= 0.6 is 34.5 Å². The van der Waals surface area contributed by atoms with Crippen LogP contribution in [0.1, 0.15) is 21.1 Å². The van der Waals surface area contributed by atoms with Gasteiger partial charge in [-0.05, 0) is 19.1 Å². The van der Waals surface area contributed by atoms with Gasteiger partial charge in [-0.1, -0.05) is 23.2 Å². The number of pyridine rings is 1. The Hall–Kier alpha value is -1.17. The average molecular weight is 316 g/mol. The van der Waals surface area contributed by atoms with Gasteiger partial charge in [0.15, 0.2) is 0 Å². The predicted octanol–water partition coefficient (Wildman–Crippen LogP) is 3.43. The standard InChI is InChI=1S/C12H11Cl2N3OS/c1-7-15-9(6-19-7)5-17(2)12(18)8-3-10(13)16-11(14)4-8/h3-4,6H,5H2,1-2H3. The van der Waals surface area contributed by atoms with E-state index in [0.717, 1.165) is 10.7 Å². The summed E-state index contributed by atoms with van der Waals surface area (Å²) >= 11 is 13.1. The first-order valence-corrected chi connectivity index (χ1v) is 7.09. The summed E-state index contributed by atoms with van der Waals surface area (Å²) in [7, 11) is 1.71. The van der Waals surface area contributed by atoms with Crippen molar-refractivity contribution < 1.29 is 4.79 Å². The molecule has 0 aliphatic carbocycles. The van der Waals surface area contributed by atoms with Crippen LogP contribution in [0.4, 0.5) is 0 Å². The maximum Gasteiger partial charge on any atom is 0.254 e. The van der Waals surface area contributed by atoms with Crippen LogP contribution in [0.15, 0.2) is 17.5 Å². The molecule has 0 fully saturated rings. The zero-order valence-corrected chi connectivity index (χ0v) is 12.7. The number of rotatable bonds is 3. The molecule has 2 heterocycles. The molecule has 0 aliphatic rings. The van der Waals surface area contributed by atoms with Crippen LogP contribution in [-0.4, -0.2) is 27.8 Å². The van der Waals surface area contributed by atoms with E-state index < -0.39 is 0 Å². The number of halogens is 2. The van der Waals surface area contributed by atoms with Crippen molar-refractivity contribution in [2.24, 2.45) is 0 Å². The van der Waals surface area contributed by atoms with E-state index in [0.29, 0.717) is 12.1 Å². The molecule has 4 nitrogen and oxygen atoms in total. The topological polar surface area (TPSA) is 46.1 Å². The number of carbonyl (C=O) groups is 1. The lowest BCUT2D eigenvalue weighted by atomic mass is 10.2. The molecule has 2 aromatic rings. The summed E-state index contributed by atoms with van der Waals surface area (Å²) < 4.78 is 0. The number of nitrogens with zero attached hydrogens (tertiary/aromatic N) is 3. The summed E-state index contributed by atoms with van der Waals surface area (Å²) in [6.45, 7) is 2.37. The summed E-state index contributed by atoms with van der Waals surface area (Å²) in [5.74, 6) is -0.170. The van der Waals surface area contributed by atoms with E-state index in [1.165, 1.54) is 12.1 Å². The lowest BCUT2D eigenvalue weighted by Crippen LogP contribution is -2.26. The molecule has 19 heavy (non-hydrogen) atoms. The summed E-state index contributed by atoms with van der Waals surface area (Å²) in [4.78, 5) is 21.9. The minimum absolute atomic E-state index is 0.170. The van der Waals surface area contributed by atoms with Gasteiger partial charge in [-0.2, -0.15) is 0 Å². The number of hydrogen-bond donors (Lipinski definition) is 0. The zero-order chi connectivity index (χ0) is 14.0. The molecule has 0 aliphatic heterocycles. The maximum absolute atomic E-state index is 12.2. The van der Waals surface area contributed by atoms with Crippen molar-refractivity contribution >= 4 is 40.4 Å². The van der Waals surface area contributed by atoms with Crippen molar-refractivity contribution in [2.75, 3.05) is 7.05 Å². The van der Waals surface area contributed by atoms with E-state index in [1.54, 1.807) is 23.3 Å². The summed E-state index contributed by atoms with van der Waals surface area (Å²) in [5.41, 5.74) is 1.28. The molecule has 0 unspecified atom stereocenters. The minimum Gasteiger partial charge on any atom is -0.336 e. The smallest absolute Gasteiger partial charge is 0.254 e. The van der Waals surface area contributed by atoms with Crippen LogP contribution in [0.5, 0.6) is 0 Å². The minimum atomic E-state index is -0.170. The van der Waals surface area contributed by atoms with Crippen molar-refractivity contribution in [3.63, 3.8) is 0 Å². The highest BCUT2D eigenvalue weighted by Gasteiger charge is 2.15. The Morgan fingerprint density at radius 2 is 1.95 bits per heavy atom. The number of aromatic nitrogens is 2.